The Kier molecular flexibility index (Phi) is 15.9. The number of ether oxygens (including phenoxy) is 2. The zero-order chi connectivity index (χ0) is 20.5. The fraction of sp³-hybridized carbons (Fsp3) is 0.913. The first kappa shape index (κ1) is 25.6. The molecule has 0 aliphatic carbocycles. The van der Waals surface area contributed by atoms with Gasteiger partial charge in [-0.25, -0.2) is 0 Å². The molecular weight excluding hydrogens is 356 g/mol. The summed E-state index contributed by atoms with van der Waals surface area (Å²) in [4.78, 5) is 0. The predicted molar refractivity (Wildman–Crippen MR) is 113 cm³/mol. The Bertz CT molecular complexity index is 374. The topological polar surface area (TPSA) is 79.2 Å². The zero-order valence-electron chi connectivity index (χ0n) is 17.9. The van der Waals surface area contributed by atoms with Crippen LogP contribution in [0.15, 0.2) is 12.2 Å². The molecule has 5 heteroatoms. The maximum atomic E-state index is 9.82. The van der Waals surface area contributed by atoms with Gasteiger partial charge in [-0.05, 0) is 32.1 Å². The number of allylic oxidation sites excluding steroid dienone is 2. The number of aliphatic hydroxyl groups is 3. The van der Waals surface area contributed by atoms with Crippen molar-refractivity contribution in [2.75, 3.05) is 19.8 Å². The predicted octanol–water partition coefficient (Wildman–Crippen LogP) is 4.13. The Morgan fingerprint density at radius 1 is 0.893 bits per heavy atom. The average molecular weight is 401 g/mol. The van der Waals surface area contributed by atoms with Gasteiger partial charge in [0.1, 0.15) is 24.4 Å². The molecule has 0 aromatic rings. The van der Waals surface area contributed by atoms with Crippen LogP contribution in [-0.2, 0) is 9.47 Å². The van der Waals surface area contributed by atoms with E-state index in [2.05, 4.69) is 19.1 Å². The number of hydrogen-bond acceptors (Lipinski definition) is 5. The number of rotatable bonds is 18. The van der Waals surface area contributed by atoms with E-state index in [1.165, 1.54) is 64.2 Å². The minimum atomic E-state index is -0.981. The lowest BCUT2D eigenvalue weighted by Gasteiger charge is -2.24. The van der Waals surface area contributed by atoms with E-state index in [4.69, 9.17) is 9.47 Å². The first-order valence-electron chi connectivity index (χ1n) is 11.6. The summed E-state index contributed by atoms with van der Waals surface area (Å²) in [6.45, 7) is 2.69. The molecule has 5 nitrogen and oxygen atoms in total. The van der Waals surface area contributed by atoms with Crippen LogP contribution in [0.2, 0.25) is 0 Å². The fourth-order valence-electron chi connectivity index (χ4n) is 3.61. The highest BCUT2D eigenvalue weighted by Gasteiger charge is 2.40. The fourth-order valence-corrected chi connectivity index (χ4v) is 3.61. The molecule has 1 saturated heterocycles. The summed E-state index contributed by atoms with van der Waals surface area (Å²) in [7, 11) is 0. The van der Waals surface area contributed by atoms with Gasteiger partial charge in [0, 0.05) is 6.61 Å². The van der Waals surface area contributed by atoms with E-state index in [1.54, 1.807) is 0 Å². The van der Waals surface area contributed by atoms with Crippen LogP contribution in [-0.4, -0.2) is 59.6 Å². The smallest absolute Gasteiger partial charge is 0.114 e. The number of hydrogen-bond donors (Lipinski definition) is 3. The van der Waals surface area contributed by atoms with Crippen LogP contribution in [0.4, 0.5) is 0 Å². The molecule has 166 valence electrons. The molecule has 0 saturated carbocycles. The summed E-state index contributed by atoms with van der Waals surface area (Å²) in [6, 6.07) is 0. The Hall–Kier alpha value is -0.460. The molecule has 4 atom stereocenters. The van der Waals surface area contributed by atoms with Gasteiger partial charge in [0.15, 0.2) is 0 Å². The van der Waals surface area contributed by atoms with Gasteiger partial charge in [0.2, 0.25) is 0 Å². The second-order valence-corrected chi connectivity index (χ2v) is 8.03. The van der Waals surface area contributed by atoms with Gasteiger partial charge in [-0.3, -0.25) is 0 Å². The summed E-state index contributed by atoms with van der Waals surface area (Å²) in [5.41, 5.74) is 0. The maximum absolute atomic E-state index is 9.82. The molecule has 3 N–H and O–H groups in total. The lowest BCUT2D eigenvalue weighted by Crippen LogP contribution is -2.42. The first-order chi connectivity index (χ1) is 13.7. The minimum absolute atomic E-state index is 0.0954. The van der Waals surface area contributed by atoms with E-state index < -0.39 is 24.4 Å². The Morgan fingerprint density at radius 2 is 1.46 bits per heavy atom. The second kappa shape index (κ2) is 17.4. The third kappa shape index (κ3) is 11.5. The standard InChI is InChI=1S/C23H44O5/c1-2-3-4-5-6-7-8-9-10-11-12-13-14-15-16-17-27-21(18-24)23-22(26)20(25)19-28-23/h10-11,20-26H,2-9,12-19H2,1H3/b11-10+/t20-,21+,22-,23-/m0/s1. The van der Waals surface area contributed by atoms with Gasteiger partial charge in [0.25, 0.3) is 0 Å². The van der Waals surface area contributed by atoms with Crippen molar-refractivity contribution < 1.29 is 24.8 Å². The largest absolute Gasteiger partial charge is 0.394 e. The van der Waals surface area contributed by atoms with Gasteiger partial charge in [-0.1, -0.05) is 70.4 Å². The summed E-state index contributed by atoms with van der Waals surface area (Å²) >= 11 is 0. The van der Waals surface area contributed by atoms with Crippen LogP contribution in [0.3, 0.4) is 0 Å². The van der Waals surface area contributed by atoms with Crippen LogP contribution >= 0.6 is 0 Å². The Balaban J connectivity index is 1.88. The number of unbranched alkanes of at least 4 members (excludes halogenated alkanes) is 11. The lowest BCUT2D eigenvalue weighted by atomic mass is 10.1. The van der Waals surface area contributed by atoms with Crippen molar-refractivity contribution in [1.29, 1.82) is 0 Å². The highest BCUT2D eigenvalue weighted by molar-refractivity contribution is 4.88. The molecule has 0 amide bonds. The van der Waals surface area contributed by atoms with Gasteiger partial charge in [0.05, 0.1) is 13.2 Å². The van der Waals surface area contributed by atoms with Crippen molar-refractivity contribution in [3.63, 3.8) is 0 Å². The van der Waals surface area contributed by atoms with E-state index in [1.807, 2.05) is 0 Å². The SMILES string of the molecule is CCCCCCCCC/C=C/CCCCCCO[C@H](CO)[C@@H]1OC[C@H](O)[C@@H]1O. The van der Waals surface area contributed by atoms with E-state index in [-0.39, 0.29) is 13.2 Å². The number of aliphatic hydroxyl groups excluding tert-OH is 3. The minimum Gasteiger partial charge on any atom is -0.394 e. The van der Waals surface area contributed by atoms with Crippen LogP contribution in [0, 0.1) is 0 Å². The Morgan fingerprint density at radius 3 is 2.00 bits per heavy atom. The molecule has 0 bridgehead atoms. The van der Waals surface area contributed by atoms with E-state index >= 15 is 0 Å². The molecule has 1 fully saturated rings. The molecule has 0 radical (unpaired) electrons. The zero-order valence-corrected chi connectivity index (χ0v) is 17.9. The lowest BCUT2D eigenvalue weighted by molar-refractivity contribution is -0.101. The van der Waals surface area contributed by atoms with Gasteiger partial charge in [-0.2, -0.15) is 0 Å². The summed E-state index contributed by atoms with van der Waals surface area (Å²) in [5.74, 6) is 0. The van der Waals surface area contributed by atoms with Crippen LogP contribution in [0.5, 0.6) is 0 Å². The monoisotopic (exact) mass is 400 g/mol. The van der Waals surface area contributed by atoms with E-state index in [0.29, 0.717) is 6.61 Å². The Labute approximate surface area is 172 Å². The molecule has 0 aromatic carbocycles. The quantitative estimate of drug-likeness (QED) is 0.238. The van der Waals surface area contributed by atoms with Crippen LogP contribution in [0.25, 0.3) is 0 Å². The van der Waals surface area contributed by atoms with Gasteiger partial charge >= 0.3 is 0 Å². The van der Waals surface area contributed by atoms with Gasteiger partial charge in [-0.15, -0.1) is 0 Å². The van der Waals surface area contributed by atoms with Crippen molar-refractivity contribution in [2.45, 2.75) is 115 Å². The molecule has 1 aliphatic heterocycles. The van der Waals surface area contributed by atoms with Crippen LogP contribution < -0.4 is 0 Å². The van der Waals surface area contributed by atoms with Crippen molar-refractivity contribution in [3.8, 4) is 0 Å². The normalized spacial score (nSPS) is 23.6. The van der Waals surface area contributed by atoms with Gasteiger partial charge < -0.3 is 24.8 Å². The molecule has 28 heavy (non-hydrogen) atoms. The average Bonchev–Trinajstić information content (AvgIpc) is 3.03. The van der Waals surface area contributed by atoms with Crippen molar-refractivity contribution >= 4 is 0 Å². The molecule has 1 rings (SSSR count). The second-order valence-electron chi connectivity index (χ2n) is 8.03. The first-order valence-corrected chi connectivity index (χ1v) is 11.6. The highest BCUT2D eigenvalue weighted by atomic mass is 16.6. The molecule has 0 spiro atoms. The highest BCUT2D eigenvalue weighted by Crippen LogP contribution is 2.20. The van der Waals surface area contributed by atoms with Crippen molar-refractivity contribution in [2.24, 2.45) is 0 Å². The maximum Gasteiger partial charge on any atom is 0.114 e. The molecular formula is C23H44O5. The molecule has 0 aromatic heterocycles. The van der Waals surface area contributed by atoms with E-state index in [0.717, 1.165) is 19.3 Å². The molecule has 1 aliphatic rings. The summed E-state index contributed by atoms with van der Waals surface area (Å²) in [6.07, 6.45) is 17.9. The van der Waals surface area contributed by atoms with Crippen molar-refractivity contribution in [1.82, 2.24) is 0 Å². The summed E-state index contributed by atoms with van der Waals surface area (Å²) in [5, 5.41) is 28.7. The van der Waals surface area contributed by atoms with E-state index in [9.17, 15) is 15.3 Å². The van der Waals surface area contributed by atoms with Crippen LogP contribution in [0.1, 0.15) is 90.4 Å². The third-order valence-corrected chi connectivity index (χ3v) is 5.47. The van der Waals surface area contributed by atoms with Crippen molar-refractivity contribution in [3.05, 3.63) is 12.2 Å². The summed E-state index contributed by atoms with van der Waals surface area (Å²) < 4.78 is 11.0. The third-order valence-electron chi connectivity index (χ3n) is 5.47. The molecule has 1 heterocycles. The molecule has 0 unspecified atom stereocenters.